The minimum Gasteiger partial charge on any atom is -0.331 e. The van der Waals surface area contributed by atoms with Crippen LogP contribution in [0.5, 0.6) is 0 Å². The highest BCUT2D eigenvalue weighted by Crippen LogP contribution is 2.41. The van der Waals surface area contributed by atoms with Crippen molar-refractivity contribution in [2.45, 2.75) is 44.1 Å². The number of anilines is 1. The molecule has 2 aromatic heterocycles. The van der Waals surface area contributed by atoms with Gasteiger partial charge in [-0.25, -0.2) is 9.78 Å². The molecular weight excluding hydrogens is 300 g/mol. The van der Waals surface area contributed by atoms with Gasteiger partial charge < -0.3 is 5.32 Å². The van der Waals surface area contributed by atoms with Gasteiger partial charge in [0.05, 0.1) is 6.04 Å². The number of amides is 2. The van der Waals surface area contributed by atoms with Crippen molar-refractivity contribution in [1.29, 1.82) is 0 Å². The lowest BCUT2D eigenvalue weighted by atomic mass is 9.81. The number of pyridine rings is 2. The van der Waals surface area contributed by atoms with Gasteiger partial charge in [0.15, 0.2) is 0 Å². The SMILES string of the molecule is O=C(Nc1ccc(C2CCC2)cn1)NC(c1ccncc1)C1CC1. The van der Waals surface area contributed by atoms with Crippen LogP contribution in [0, 0.1) is 5.92 Å². The molecule has 1 atom stereocenters. The van der Waals surface area contributed by atoms with Crippen molar-refractivity contribution in [1.82, 2.24) is 15.3 Å². The molecule has 124 valence electrons. The third kappa shape index (κ3) is 3.40. The van der Waals surface area contributed by atoms with Gasteiger partial charge in [-0.3, -0.25) is 10.3 Å². The summed E-state index contributed by atoms with van der Waals surface area (Å²) < 4.78 is 0. The second kappa shape index (κ2) is 6.59. The van der Waals surface area contributed by atoms with Crippen LogP contribution in [-0.2, 0) is 0 Å². The molecule has 2 amide bonds. The molecule has 2 aromatic rings. The fraction of sp³-hybridized carbons (Fsp3) is 0.421. The Bertz CT molecular complexity index is 693. The summed E-state index contributed by atoms with van der Waals surface area (Å²) in [6.45, 7) is 0. The van der Waals surface area contributed by atoms with Crippen LogP contribution in [0.25, 0.3) is 0 Å². The van der Waals surface area contributed by atoms with Crippen LogP contribution in [0.2, 0.25) is 0 Å². The van der Waals surface area contributed by atoms with Crippen LogP contribution in [0.15, 0.2) is 42.9 Å². The van der Waals surface area contributed by atoms with Gasteiger partial charge in [-0.1, -0.05) is 12.5 Å². The molecule has 0 bridgehead atoms. The number of carbonyl (C=O) groups excluding carboxylic acids is 1. The molecule has 0 aromatic carbocycles. The highest BCUT2D eigenvalue weighted by molar-refractivity contribution is 5.88. The number of nitrogens with zero attached hydrogens (tertiary/aromatic N) is 2. The summed E-state index contributed by atoms with van der Waals surface area (Å²) in [7, 11) is 0. The molecule has 0 saturated heterocycles. The standard InChI is InChI=1S/C19H22N4O/c24-19(22-17-7-6-16(12-21-17)13-2-1-3-13)23-18(14-4-5-14)15-8-10-20-11-9-15/h6-14,18H,1-5H2,(H2,21,22,23,24). The topological polar surface area (TPSA) is 66.9 Å². The first-order valence-electron chi connectivity index (χ1n) is 8.73. The number of aromatic nitrogens is 2. The molecule has 4 rings (SSSR count). The van der Waals surface area contributed by atoms with Crippen molar-refractivity contribution in [3.8, 4) is 0 Å². The van der Waals surface area contributed by atoms with Crippen molar-refractivity contribution in [2.75, 3.05) is 5.32 Å². The molecule has 0 radical (unpaired) electrons. The Labute approximate surface area is 141 Å². The normalized spacial score (nSPS) is 18.5. The molecule has 5 heteroatoms. The lowest BCUT2D eigenvalue weighted by molar-refractivity contribution is 0.247. The molecule has 0 spiro atoms. The predicted molar refractivity (Wildman–Crippen MR) is 92.7 cm³/mol. The Morgan fingerprint density at radius 1 is 1.08 bits per heavy atom. The van der Waals surface area contributed by atoms with Crippen molar-refractivity contribution < 1.29 is 4.79 Å². The van der Waals surface area contributed by atoms with Gasteiger partial charge in [0.2, 0.25) is 0 Å². The Balaban J connectivity index is 1.38. The number of hydrogen-bond acceptors (Lipinski definition) is 3. The van der Waals surface area contributed by atoms with E-state index in [0.717, 1.165) is 18.4 Å². The second-order valence-electron chi connectivity index (χ2n) is 6.80. The third-order valence-electron chi connectivity index (χ3n) is 5.05. The van der Waals surface area contributed by atoms with E-state index in [0.29, 0.717) is 17.7 Å². The summed E-state index contributed by atoms with van der Waals surface area (Å²) in [6.07, 6.45) is 11.6. The van der Waals surface area contributed by atoms with Crippen LogP contribution in [-0.4, -0.2) is 16.0 Å². The molecule has 1 unspecified atom stereocenters. The average Bonchev–Trinajstić information content (AvgIpc) is 3.38. The zero-order chi connectivity index (χ0) is 16.4. The Hall–Kier alpha value is -2.43. The fourth-order valence-corrected chi connectivity index (χ4v) is 3.23. The maximum atomic E-state index is 12.3. The number of hydrogen-bond donors (Lipinski definition) is 2. The molecule has 2 fully saturated rings. The smallest absolute Gasteiger partial charge is 0.320 e. The van der Waals surface area contributed by atoms with Gasteiger partial charge in [-0.2, -0.15) is 0 Å². The molecule has 2 N–H and O–H groups in total. The molecule has 2 heterocycles. The summed E-state index contributed by atoms with van der Waals surface area (Å²) in [5.74, 6) is 1.78. The van der Waals surface area contributed by atoms with E-state index in [2.05, 4.69) is 26.7 Å². The van der Waals surface area contributed by atoms with Gasteiger partial charge in [0.1, 0.15) is 5.82 Å². The zero-order valence-corrected chi connectivity index (χ0v) is 13.6. The second-order valence-corrected chi connectivity index (χ2v) is 6.80. The monoisotopic (exact) mass is 322 g/mol. The van der Waals surface area contributed by atoms with E-state index in [1.165, 1.54) is 24.8 Å². The first-order valence-corrected chi connectivity index (χ1v) is 8.73. The Morgan fingerprint density at radius 2 is 1.88 bits per heavy atom. The summed E-state index contributed by atoms with van der Waals surface area (Å²) in [5, 5.41) is 5.94. The van der Waals surface area contributed by atoms with Crippen LogP contribution in [0.1, 0.15) is 55.2 Å². The van der Waals surface area contributed by atoms with E-state index in [1.807, 2.05) is 24.4 Å². The highest BCUT2D eigenvalue weighted by Gasteiger charge is 2.33. The molecular formula is C19H22N4O. The largest absolute Gasteiger partial charge is 0.331 e. The number of rotatable bonds is 5. The molecule has 2 aliphatic carbocycles. The van der Waals surface area contributed by atoms with Crippen LogP contribution in [0.3, 0.4) is 0 Å². The molecule has 2 saturated carbocycles. The molecule has 24 heavy (non-hydrogen) atoms. The van der Waals surface area contributed by atoms with E-state index in [9.17, 15) is 4.79 Å². The van der Waals surface area contributed by atoms with Gasteiger partial charge in [0.25, 0.3) is 0 Å². The first-order chi connectivity index (χ1) is 11.8. The lowest BCUT2D eigenvalue weighted by Gasteiger charge is -2.25. The van der Waals surface area contributed by atoms with E-state index in [1.54, 1.807) is 12.4 Å². The minimum atomic E-state index is -0.201. The molecule has 5 nitrogen and oxygen atoms in total. The third-order valence-corrected chi connectivity index (χ3v) is 5.05. The summed E-state index contributed by atoms with van der Waals surface area (Å²) in [4.78, 5) is 20.8. The summed E-state index contributed by atoms with van der Waals surface area (Å²) >= 11 is 0. The van der Waals surface area contributed by atoms with E-state index in [-0.39, 0.29) is 12.1 Å². The van der Waals surface area contributed by atoms with Gasteiger partial charge >= 0.3 is 6.03 Å². The minimum absolute atomic E-state index is 0.0437. The van der Waals surface area contributed by atoms with Gasteiger partial charge in [-0.05, 0) is 66.8 Å². The number of carbonyl (C=O) groups is 1. The number of nitrogens with one attached hydrogen (secondary N) is 2. The lowest BCUT2D eigenvalue weighted by Crippen LogP contribution is -2.34. The van der Waals surface area contributed by atoms with E-state index < -0.39 is 0 Å². The first kappa shape index (κ1) is 15.1. The molecule has 2 aliphatic rings. The Kier molecular flexibility index (Phi) is 4.15. The van der Waals surface area contributed by atoms with Crippen molar-refractivity contribution >= 4 is 11.8 Å². The van der Waals surface area contributed by atoms with Crippen molar-refractivity contribution in [3.05, 3.63) is 54.0 Å². The van der Waals surface area contributed by atoms with Gasteiger partial charge in [-0.15, -0.1) is 0 Å². The molecule has 0 aliphatic heterocycles. The maximum Gasteiger partial charge on any atom is 0.320 e. The van der Waals surface area contributed by atoms with E-state index >= 15 is 0 Å². The summed E-state index contributed by atoms with van der Waals surface area (Å²) in [6, 6.07) is 7.75. The van der Waals surface area contributed by atoms with Crippen molar-refractivity contribution in [2.24, 2.45) is 5.92 Å². The predicted octanol–water partition coefficient (Wildman–Crippen LogP) is 4.02. The number of urea groups is 1. The van der Waals surface area contributed by atoms with Crippen LogP contribution >= 0.6 is 0 Å². The fourth-order valence-electron chi connectivity index (χ4n) is 3.23. The average molecular weight is 322 g/mol. The Morgan fingerprint density at radius 3 is 2.46 bits per heavy atom. The maximum absolute atomic E-state index is 12.3. The van der Waals surface area contributed by atoms with Crippen molar-refractivity contribution in [3.63, 3.8) is 0 Å². The van der Waals surface area contributed by atoms with E-state index in [4.69, 9.17) is 0 Å². The highest BCUT2D eigenvalue weighted by atomic mass is 16.2. The van der Waals surface area contributed by atoms with Gasteiger partial charge in [0, 0.05) is 18.6 Å². The quantitative estimate of drug-likeness (QED) is 0.874. The van der Waals surface area contributed by atoms with Crippen LogP contribution < -0.4 is 10.6 Å². The van der Waals surface area contributed by atoms with Crippen LogP contribution in [0.4, 0.5) is 10.6 Å². The zero-order valence-electron chi connectivity index (χ0n) is 13.6. The summed E-state index contributed by atoms with van der Waals surface area (Å²) in [5.41, 5.74) is 2.38.